The average molecular weight is 278 g/mol. The summed E-state index contributed by atoms with van der Waals surface area (Å²) in [5.41, 5.74) is 6.86. The Hall–Kier alpha value is -1.13. The third-order valence-corrected chi connectivity index (χ3v) is 4.97. The largest absolute Gasteiger partial charge is 0.389 e. The highest BCUT2D eigenvalue weighted by Crippen LogP contribution is 2.41. The van der Waals surface area contributed by atoms with Crippen LogP contribution in [0.25, 0.3) is 0 Å². The monoisotopic (exact) mass is 278 g/mol. The topological polar surface area (TPSA) is 49.5 Å². The summed E-state index contributed by atoms with van der Waals surface area (Å²) in [6.45, 7) is 1.97. The van der Waals surface area contributed by atoms with Crippen molar-refractivity contribution in [2.75, 3.05) is 18.0 Å². The van der Waals surface area contributed by atoms with E-state index in [0.29, 0.717) is 12.5 Å². The summed E-state index contributed by atoms with van der Waals surface area (Å²) in [5.74, 6) is 0.0852. The van der Waals surface area contributed by atoms with E-state index >= 15 is 0 Å². The molecule has 1 saturated heterocycles. The van der Waals surface area contributed by atoms with Crippen molar-refractivity contribution < 1.29 is 9.50 Å². The zero-order chi connectivity index (χ0) is 14.2. The molecule has 0 bridgehead atoms. The second-order valence-corrected chi connectivity index (χ2v) is 6.26. The van der Waals surface area contributed by atoms with Crippen molar-refractivity contribution in [3.63, 3.8) is 0 Å². The van der Waals surface area contributed by atoms with E-state index in [2.05, 4.69) is 4.90 Å². The highest BCUT2D eigenvalue weighted by Gasteiger charge is 2.42. The van der Waals surface area contributed by atoms with Crippen LogP contribution >= 0.6 is 0 Å². The first-order chi connectivity index (χ1) is 9.60. The third-order valence-electron chi connectivity index (χ3n) is 4.97. The van der Waals surface area contributed by atoms with E-state index in [1.807, 2.05) is 6.07 Å². The second-order valence-electron chi connectivity index (χ2n) is 6.26. The number of nitrogens with two attached hydrogens (primary N) is 1. The molecule has 1 aromatic carbocycles. The van der Waals surface area contributed by atoms with Gasteiger partial charge in [-0.1, -0.05) is 12.8 Å². The number of rotatable bonds is 2. The maximum absolute atomic E-state index is 13.6. The number of benzene rings is 1. The Morgan fingerprint density at radius 1 is 1.30 bits per heavy atom. The van der Waals surface area contributed by atoms with Crippen molar-refractivity contribution in [3.8, 4) is 0 Å². The van der Waals surface area contributed by atoms with E-state index in [4.69, 9.17) is 5.73 Å². The molecular weight excluding hydrogens is 255 g/mol. The van der Waals surface area contributed by atoms with E-state index < -0.39 is 5.60 Å². The third kappa shape index (κ3) is 2.54. The molecule has 3 nitrogen and oxygen atoms in total. The highest BCUT2D eigenvalue weighted by molar-refractivity contribution is 5.50. The van der Waals surface area contributed by atoms with Gasteiger partial charge in [-0.15, -0.1) is 0 Å². The van der Waals surface area contributed by atoms with Gasteiger partial charge < -0.3 is 15.7 Å². The normalized spacial score (nSPS) is 30.1. The van der Waals surface area contributed by atoms with Crippen molar-refractivity contribution in [2.24, 2.45) is 11.7 Å². The molecule has 1 saturated carbocycles. The molecule has 3 rings (SSSR count). The number of hydrogen-bond donors (Lipinski definition) is 2. The molecule has 4 heteroatoms. The fourth-order valence-electron chi connectivity index (χ4n) is 3.74. The first-order valence-electron chi connectivity index (χ1n) is 7.57. The van der Waals surface area contributed by atoms with Crippen LogP contribution in [0.4, 0.5) is 10.1 Å². The molecule has 0 radical (unpaired) electrons. The summed E-state index contributed by atoms with van der Waals surface area (Å²) in [5, 5.41) is 10.7. The lowest BCUT2D eigenvalue weighted by Gasteiger charge is -2.48. The first-order valence-corrected chi connectivity index (χ1v) is 7.57. The van der Waals surface area contributed by atoms with Crippen LogP contribution in [0.1, 0.15) is 37.7 Å². The predicted molar refractivity (Wildman–Crippen MR) is 78.0 cm³/mol. The molecule has 2 atom stereocenters. The lowest BCUT2D eigenvalue weighted by Crippen LogP contribution is -2.53. The number of halogens is 1. The minimum Gasteiger partial charge on any atom is -0.389 e. The van der Waals surface area contributed by atoms with Gasteiger partial charge in [-0.05, 0) is 43.0 Å². The number of piperidine rings is 1. The van der Waals surface area contributed by atoms with E-state index in [-0.39, 0.29) is 5.82 Å². The summed E-state index contributed by atoms with van der Waals surface area (Å²) >= 11 is 0. The fourth-order valence-corrected chi connectivity index (χ4v) is 3.74. The Bertz CT molecular complexity index is 493. The maximum atomic E-state index is 13.6. The second kappa shape index (κ2) is 5.34. The molecule has 20 heavy (non-hydrogen) atoms. The number of aliphatic hydroxyl groups is 1. The number of hydrogen-bond acceptors (Lipinski definition) is 3. The van der Waals surface area contributed by atoms with Crippen molar-refractivity contribution in [1.82, 2.24) is 0 Å². The van der Waals surface area contributed by atoms with E-state index in [1.54, 1.807) is 6.07 Å². The van der Waals surface area contributed by atoms with Gasteiger partial charge in [-0.2, -0.15) is 0 Å². The molecule has 1 aliphatic carbocycles. The number of fused-ring (bicyclic) bond motifs is 1. The Morgan fingerprint density at radius 2 is 2.15 bits per heavy atom. The molecule has 1 aromatic rings. The van der Waals surface area contributed by atoms with Gasteiger partial charge >= 0.3 is 0 Å². The van der Waals surface area contributed by atoms with E-state index in [0.717, 1.165) is 50.0 Å². The lowest BCUT2D eigenvalue weighted by atomic mass is 9.71. The molecule has 1 heterocycles. The summed E-state index contributed by atoms with van der Waals surface area (Å²) in [7, 11) is 0. The van der Waals surface area contributed by atoms with Crippen molar-refractivity contribution in [3.05, 3.63) is 29.6 Å². The Kier molecular flexibility index (Phi) is 3.69. The Morgan fingerprint density at radius 3 is 2.95 bits per heavy atom. The SMILES string of the molecule is NCc1cc(F)cc(N2CCC3(O)CCCCC3C2)c1. The molecule has 0 amide bonds. The fraction of sp³-hybridized carbons (Fsp3) is 0.625. The van der Waals surface area contributed by atoms with Gasteiger partial charge in [0.1, 0.15) is 5.82 Å². The van der Waals surface area contributed by atoms with Crippen LogP contribution < -0.4 is 10.6 Å². The summed E-state index contributed by atoms with van der Waals surface area (Å²) in [6, 6.07) is 5.03. The molecule has 3 N–H and O–H groups in total. The van der Waals surface area contributed by atoms with Crippen LogP contribution in [-0.4, -0.2) is 23.8 Å². The van der Waals surface area contributed by atoms with Gasteiger partial charge in [0.05, 0.1) is 5.60 Å². The van der Waals surface area contributed by atoms with Gasteiger partial charge in [0, 0.05) is 31.2 Å². The zero-order valence-electron chi connectivity index (χ0n) is 11.8. The summed E-state index contributed by atoms with van der Waals surface area (Å²) < 4.78 is 13.6. The molecule has 110 valence electrons. The molecular formula is C16H23FN2O. The molecule has 2 aliphatic rings. The smallest absolute Gasteiger partial charge is 0.125 e. The number of nitrogens with zero attached hydrogens (tertiary/aromatic N) is 1. The average Bonchev–Trinajstić information content (AvgIpc) is 2.45. The van der Waals surface area contributed by atoms with Crippen LogP contribution in [0.3, 0.4) is 0 Å². The molecule has 2 fully saturated rings. The van der Waals surface area contributed by atoms with E-state index in [1.165, 1.54) is 12.5 Å². The molecule has 1 aliphatic heterocycles. The standard InChI is InChI=1S/C16H23FN2O/c17-14-7-12(10-18)8-15(9-14)19-6-5-16(20)4-2-1-3-13(16)11-19/h7-9,13,20H,1-6,10-11,18H2. The van der Waals surface area contributed by atoms with Gasteiger partial charge in [0.2, 0.25) is 0 Å². The predicted octanol–water partition coefficient (Wildman–Crippen LogP) is 2.42. The Balaban J connectivity index is 1.80. The summed E-state index contributed by atoms with van der Waals surface area (Å²) in [4.78, 5) is 2.20. The lowest BCUT2D eigenvalue weighted by molar-refractivity contribution is -0.0612. The highest BCUT2D eigenvalue weighted by atomic mass is 19.1. The van der Waals surface area contributed by atoms with Gasteiger partial charge in [0.25, 0.3) is 0 Å². The van der Waals surface area contributed by atoms with Crippen LogP contribution in [-0.2, 0) is 6.54 Å². The molecule has 2 unspecified atom stereocenters. The Labute approximate surface area is 119 Å². The summed E-state index contributed by atoms with van der Waals surface area (Å²) in [6.07, 6.45) is 5.10. The van der Waals surface area contributed by atoms with Crippen molar-refractivity contribution in [1.29, 1.82) is 0 Å². The van der Waals surface area contributed by atoms with Crippen LogP contribution in [0.5, 0.6) is 0 Å². The van der Waals surface area contributed by atoms with Crippen LogP contribution in [0.15, 0.2) is 18.2 Å². The van der Waals surface area contributed by atoms with Gasteiger partial charge in [-0.3, -0.25) is 0 Å². The minimum absolute atomic E-state index is 0.229. The molecule has 0 spiro atoms. The quantitative estimate of drug-likeness (QED) is 0.873. The number of anilines is 1. The maximum Gasteiger partial charge on any atom is 0.125 e. The van der Waals surface area contributed by atoms with Crippen LogP contribution in [0.2, 0.25) is 0 Å². The first kappa shape index (κ1) is 13.8. The van der Waals surface area contributed by atoms with Gasteiger partial charge in [-0.25, -0.2) is 4.39 Å². The minimum atomic E-state index is -0.487. The van der Waals surface area contributed by atoms with Crippen LogP contribution in [0, 0.1) is 11.7 Å². The zero-order valence-corrected chi connectivity index (χ0v) is 11.8. The van der Waals surface area contributed by atoms with Crippen molar-refractivity contribution >= 4 is 5.69 Å². The molecule has 0 aromatic heterocycles. The van der Waals surface area contributed by atoms with Gasteiger partial charge in [0.15, 0.2) is 0 Å². The van der Waals surface area contributed by atoms with E-state index in [9.17, 15) is 9.50 Å². The van der Waals surface area contributed by atoms with Crippen molar-refractivity contribution in [2.45, 2.75) is 44.2 Å².